The second-order valence-corrected chi connectivity index (χ2v) is 2.47. The Bertz CT molecular complexity index is 50.9. The Balaban J connectivity index is 3.18. The molecule has 0 aliphatic heterocycles. The van der Waals surface area contributed by atoms with Gasteiger partial charge < -0.3 is 0 Å². The fourth-order valence-electron chi connectivity index (χ4n) is 0.877. The molecule has 0 saturated carbocycles. The third-order valence-electron chi connectivity index (χ3n) is 1.35. The van der Waals surface area contributed by atoms with Crippen LogP contribution in [0.15, 0.2) is 0 Å². The summed E-state index contributed by atoms with van der Waals surface area (Å²) in [5.74, 6) is 0. The first-order valence-electron chi connectivity index (χ1n) is 3.62. The van der Waals surface area contributed by atoms with Crippen LogP contribution in [0.25, 0.3) is 0 Å². The van der Waals surface area contributed by atoms with Crippen molar-refractivity contribution in [3.63, 3.8) is 0 Å². The zero-order valence-electron chi connectivity index (χ0n) is 6.19. The topological polar surface area (TPSA) is 9.23 Å². The van der Waals surface area contributed by atoms with E-state index >= 15 is 0 Å². The van der Waals surface area contributed by atoms with Gasteiger partial charge in [0.25, 0.3) is 0 Å². The fraction of sp³-hybridized carbons (Fsp3) is 1.00. The third-order valence-corrected chi connectivity index (χ3v) is 1.60. The maximum atomic E-state index is 5.23. The van der Waals surface area contributed by atoms with Crippen LogP contribution in [0.1, 0.15) is 39.5 Å². The summed E-state index contributed by atoms with van der Waals surface area (Å²) in [6.07, 6.45) is 4.74. The zero-order valence-corrected chi connectivity index (χ0v) is 6.95. The Kier molecular flexibility index (Phi) is 6.55. The summed E-state index contributed by atoms with van der Waals surface area (Å²) >= 11 is 5.23. The lowest BCUT2D eigenvalue weighted by molar-refractivity contribution is 0.198. The highest BCUT2D eigenvalue weighted by molar-refractivity contribution is 6.07. The van der Waals surface area contributed by atoms with Gasteiger partial charge in [0, 0.05) is 0 Å². The molecule has 2 heteroatoms. The average molecular weight is 151 g/mol. The predicted molar refractivity (Wildman–Crippen MR) is 40.5 cm³/mol. The molecule has 0 spiro atoms. The molecule has 0 rings (SSSR count). The summed E-state index contributed by atoms with van der Waals surface area (Å²) in [5.41, 5.74) is 0. The number of halogens is 1. The van der Waals surface area contributed by atoms with E-state index in [1.165, 1.54) is 0 Å². The molecule has 0 aliphatic rings. The Hall–Kier alpha value is 0.250. The maximum absolute atomic E-state index is 5.23. The van der Waals surface area contributed by atoms with Crippen molar-refractivity contribution < 1.29 is 4.29 Å². The van der Waals surface area contributed by atoms with Crippen LogP contribution in [0.2, 0.25) is 0 Å². The molecule has 0 atom stereocenters. The Morgan fingerprint density at radius 1 is 1.22 bits per heavy atom. The molecule has 0 aromatic rings. The van der Waals surface area contributed by atoms with Crippen molar-refractivity contribution in [1.29, 1.82) is 0 Å². The van der Waals surface area contributed by atoms with Gasteiger partial charge in [0.2, 0.25) is 0 Å². The van der Waals surface area contributed by atoms with Gasteiger partial charge in [-0.1, -0.05) is 26.7 Å². The van der Waals surface area contributed by atoms with Crippen LogP contribution in [-0.2, 0) is 4.29 Å². The summed E-state index contributed by atoms with van der Waals surface area (Å²) < 4.78 is 4.70. The average Bonchev–Trinajstić information content (AvgIpc) is 1.88. The van der Waals surface area contributed by atoms with E-state index in [-0.39, 0.29) is 6.10 Å². The Morgan fingerprint density at radius 3 is 1.89 bits per heavy atom. The SMILES string of the molecule is CCCC(CCC)OCl. The van der Waals surface area contributed by atoms with E-state index in [9.17, 15) is 0 Å². The van der Waals surface area contributed by atoms with Crippen molar-refractivity contribution >= 4 is 11.9 Å². The van der Waals surface area contributed by atoms with Crippen molar-refractivity contribution in [3.8, 4) is 0 Å². The molecular formula is C7H15ClO. The van der Waals surface area contributed by atoms with Crippen LogP contribution in [-0.4, -0.2) is 6.10 Å². The molecule has 0 bridgehead atoms. The highest BCUT2D eigenvalue weighted by atomic mass is 35.5. The summed E-state index contributed by atoms with van der Waals surface area (Å²) in [6.45, 7) is 4.27. The predicted octanol–water partition coefficient (Wildman–Crippen LogP) is 3.13. The van der Waals surface area contributed by atoms with E-state index in [0.29, 0.717) is 0 Å². The number of hydrogen-bond acceptors (Lipinski definition) is 1. The van der Waals surface area contributed by atoms with Crippen LogP contribution in [0.5, 0.6) is 0 Å². The number of hydrogen-bond donors (Lipinski definition) is 0. The molecular weight excluding hydrogens is 136 g/mol. The van der Waals surface area contributed by atoms with Crippen molar-refractivity contribution in [3.05, 3.63) is 0 Å². The van der Waals surface area contributed by atoms with Crippen LogP contribution in [0.4, 0.5) is 0 Å². The molecule has 0 fully saturated rings. The molecule has 9 heavy (non-hydrogen) atoms. The van der Waals surface area contributed by atoms with Crippen molar-refractivity contribution in [2.75, 3.05) is 0 Å². The zero-order chi connectivity index (χ0) is 7.11. The first-order chi connectivity index (χ1) is 4.35. The first-order valence-corrected chi connectivity index (χ1v) is 3.93. The van der Waals surface area contributed by atoms with Gasteiger partial charge >= 0.3 is 0 Å². The van der Waals surface area contributed by atoms with Gasteiger partial charge in [-0.3, -0.25) is 4.29 Å². The lowest BCUT2D eigenvalue weighted by Crippen LogP contribution is -2.05. The Morgan fingerprint density at radius 2 is 1.67 bits per heavy atom. The van der Waals surface area contributed by atoms with Crippen LogP contribution in [0.3, 0.4) is 0 Å². The molecule has 0 aromatic heterocycles. The largest absolute Gasteiger partial charge is 0.276 e. The van der Waals surface area contributed by atoms with E-state index in [2.05, 4.69) is 13.8 Å². The summed E-state index contributed by atoms with van der Waals surface area (Å²) in [7, 11) is 0. The van der Waals surface area contributed by atoms with Gasteiger partial charge in [-0.05, 0) is 12.8 Å². The minimum atomic E-state index is 0.279. The third kappa shape index (κ3) is 4.73. The molecule has 0 saturated heterocycles. The second kappa shape index (κ2) is 6.37. The molecule has 1 nitrogen and oxygen atoms in total. The molecule has 0 amide bonds. The first kappa shape index (κ1) is 9.25. The Labute approximate surface area is 62.5 Å². The molecule has 0 radical (unpaired) electrons. The second-order valence-electron chi connectivity index (χ2n) is 2.29. The fourth-order valence-corrected chi connectivity index (χ4v) is 1.06. The van der Waals surface area contributed by atoms with E-state index in [4.69, 9.17) is 16.2 Å². The smallest absolute Gasteiger partial charge is 0.0790 e. The maximum Gasteiger partial charge on any atom is 0.0790 e. The molecule has 0 aliphatic carbocycles. The van der Waals surface area contributed by atoms with Crippen molar-refractivity contribution in [2.45, 2.75) is 45.6 Å². The minimum Gasteiger partial charge on any atom is -0.276 e. The van der Waals surface area contributed by atoms with Crippen LogP contribution < -0.4 is 0 Å². The summed E-state index contributed by atoms with van der Waals surface area (Å²) in [4.78, 5) is 0. The van der Waals surface area contributed by atoms with Gasteiger partial charge in [-0.2, -0.15) is 0 Å². The van der Waals surface area contributed by atoms with Gasteiger partial charge in [0.05, 0.1) is 18.0 Å². The minimum absolute atomic E-state index is 0.279. The lowest BCUT2D eigenvalue weighted by Gasteiger charge is -2.08. The van der Waals surface area contributed by atoms with Gasteiger partial charge in [0.1, 0.15) is 0 Å². The highest BCUT2D eigenvalue weighted by Gasteiger charge is 2.03. The lowest BCUT2D eigenvalue weighted by atomic mass is 10.1. The quantitative estimate of drug-likeness (QED) is 0.585. The van der Waals surface area contributed by atoms with Crippen molar-refractivity contribution in [1.82, 2.24) is 0 Å². The van der Waals surface area contributed by atoms with Gasteiger partial charge in [-0.25, -0.2) is 0 Å². The monoisotopic (exact) mass is 150 g/mol. The standard InChI is InChI=1S/C7H15ClO/c1-3-5-7(9-8)6-4-2/h7H,3-6H2,1-2H3. The molecule has 0 unspecified atom stereocenters. The number of rotatable bonds is 5. The van der Waals surface area contributed by atoms with Gasteiger partial charge in [-0.15, -0.1) is 0 Å². The van der Waals surface area contributed by atoms with Gasteiger partial charge in [0.15, 0.2) is 0 Å². The summed E-state index contributed by atoms with van der Waals surface area (Å²) in [5, 5.41) is 0. The van der Waals surface area contributed by atoms with E-state index < -0.39 is 0 Å². The summed E-state index contributed by atoms with van der Waals surface area (Å²) in [6, 6.07) is 0. The molecule has 56 valence electrons. The van der Waals surface area contributed by atoms with Crippen molar-refractivity contribution in [2.24, 2.45) is 0 Å². The normalized spacial score (nSPS) is 10.7. The molecule has 0 aromatic carbocycles. The molecule has 0 heterocycles. The molecule has 0 N–H and O–H groups in total. The van der Waals surface area contributed by atoms with E-state index in [1.807, 2.05) is 0 Å². The highest BCUT2D eigenvalue weighted by Crippen LogP contribution is 2.09. The van der Waals surface area contributed by atoms with Crippen LogP contribution in [0, 0.1) is 0 Å². The van der Waals surface area contributed by atoms with E-state index in [0.717, 1.165) is 25.7 Å². The van der Waals surface area contributed by atoms with Crippen LogP contribution >= 0.6 is 11.9 Å². The van der Waals surface area contributed by atoms with E-state index in [1.54, 1.807) is 0 Å².